The van der Waals surface area contributed by atoms with Crippen molar-refractivity contribution in [2.24, 2.45) is 17.0 Å². The number of amides is 1. The number of carboxylic acids is 1. The second-order valence-electron chi connectivity index (χ2n) is 2.35. The van der Waals surface area contributed by atoms with Crippen molar-refractivity contribution in [2.45, 2.75) is 13.8 Å². The van der Waals surface area contributed by atoms with Crippen LogP contribution in [0.25, 0.3) is 0 Å². The zero-order chi connectivity index (χ0) is 9.02. The zero-order valence-electron chi connectivity index (χ0n) is 6.27. The Morgan fingerprint density at radius 1 is 1.27 bits per heavy atom. The first-order chi connectivity index (χ1) is 5.00. The average Bonchev–Trinajstić information content (AvgIpc) is 2.00. The molecule has 0 spiro atoms. The van der Waals surface area contributed by atoms with E-state index in [1.807, 2.05) is 0 Å². The fourth-order valence-corrected chi connectivity index (χ4v) is 0.511. The van der Waals surface area contributed by atoms with Crippen LogP contribution in [-0.4, -0.2) is 17.0 Å². The van der Waals surface area contributed by atoms with Crippen molar-refractivity contribution in [3.8, 4) is 0 Å². The Morgan fingerprint density at radius 2 is 1.73 bits per heavy atom. The number of hydrogen-bond acceptors (Lipinski definition) is 3. The molecule has 0 aromatic rings. The summed E-state index contributed by atoms with van der Waals surface area (Å²) in [7, 11) is 0. The monoisotopic (exact) mass is 159 g/mol. The molecular weight excluding hydrogens is 150 g/mol. The molecule has 2 atom stereocenters. The first-order valence-electron chi connectivity index (χ1n) is 3.10. The summed E-state index contributed by atoms with van der Waals surface area (Å²) in [5.41, 5.74) is 0. The molecule has 11 heavy (non-hydrogen) atoms. The average molecular weight is 159 g/mol. The normalized spacial score (nSPS) is 15.1. The summed E-state index contributed by atoms with van der Waals surface area (Å²) in [4.78, 5) is 30.5. The van der Waals surface area contributed by atoms with E-state index in [-0.39, 0.29) is 0 Å². The van der Waals surface area contributed by atoms with Crippen molar-refractivity contribution in [1.29, 1.82) is 0 Å². The number of aliphatic carboxylic acids is 1. The van der Waals surface area contributed by atoms with E-state index >= 15 is 0 Å². The molecule has 0 aromatic carbocycles. The van der Waals surface area contributed by atoms with Gasteiger partial charge in [-0.25, -0.2) is 0 Å². The second-order valence-corrected chi connectivity index (χ2v) is 2.35. The van der Waals surface area contributed by atoms with Gasteiger partial charge in [-0.3, -0.25) is 9.59 Å². The maximum Gasteiger partial charge on any atom is 0.307 e. The number of nitroso groups, excluding NO2 is 1. The Hall–Kier alpha value is -1.26. The third kappa shape index (κ3) is 2.45. The molecule has 0 bridgehead atoms. The Morgan fingerprint density at radius 3 is 2.00 bits per heavy atom. The van der Waals surface area contributed by atoms with Gasteiger partial charge < -0.3 is 5.11 Å². The highest BCUT2D eigenvalue weighted by atomic mass is 16.4. The molecule has 1 amide bonds. The molecule has 2 unspecified atom stereocenters. The number of carbonyl (C=O) groups excluding carboxylic acids is 1. The van der Waals surface area contributed by atoms with Gasteiger partial charge in [0.25, 0.3) is 5.91 Å². The molecule has 0 heterocycles. The molecule has 0 fully saturated rings. The third-order valence-electron chi connectivity index (χ3n) is 1.62. The number of hydrogen-bond donors (Lipinski definition) is 1. The second kappa shape index (κ2) is 3.80. The summed E-state index contributed by atoms with van der Waals surface area (Å²) in [5.74, 6) is -3.72. The molecule has 62 valence electrons. The summed E-state index contributed by atoms with van der Waals surface area (Å²) in [6.45, 7) is 2.72. The summed E-state index contributed by atoms with van der Waals surface area (Å²) in [6.07, 6.45) is 0. The molecule has 0 aliphatic carbocycles. The van der Waals surface area contributed by atoms with Gasteiger partial charge >= 0.3 is 5.97 Å². The van der Waals surface area contributed by atoms with Crippen LogP contribution >= 0.6 is 0 Å². The van der Waals surface area contributed by atoms with Crippen LogP contribution in [0.2, 0.25) is 0 Å². The van der Waals surface area contributed by atoms with Crippen LogP contribution in [0.3, 0.4) is 0 Å². The maximum absolute atomic E-state index is 10.5. The van der Waals surface area contributed by atoms with E-state index < -0.39 is 23.7 Å². The van der Waals surface area contributed by atoms with Crippen molar-refractivity contribution < 1.29 is 14.7 Å². The third-order valence-corrected chi connectivity index (χ3v) is 1.62. The van der Waals surface area contributed by atoms with Crippen LogP contribution in [0.5, 0.6) is 0 Å². The molecule has 5 heteroatoms. The van der Waals surface area contributed by atoms with Crippen LogP contribution in [0, 0.1) is 16.7 Å². The Labute approximate surface area is 63.4 Å². The van der Waals surface area contributed by atoms with Gasteiger partial charge in [-0.15, -0.1) is 4.91 Å². The minimum Gasteiger partial charge on any atom is -0.481 e. The molecule has 1 N–H and O–H groups in total. The van der Waals surface area contributed by atoms with Gasteiger partial charge in [0.05, 0.1) is 11.8 Å². The van der Waals surface area contributed by atoms with Crippen molar-refractivity contribution in [3.63, 3.8) is 0 Å². The van der Waals surface area contributed by atoms with Crippen LogP contribution in [0.4, 0.5) is 0 Å². The van der Waals surface area contributed by atoms with Gasteiger partial charge in [-0.05, 0) is 0 Å². The van der Waals surface area contributed by atoms with E-state index in [1.54, 1.807) is 0 Å². The molecule has 0 saturated carbocycles. The van der Waals surface area contributed by atoms with Crippen LogP contribution in [0.15, 0.2) is 5.18 Å². The topological polar surface area (TPSA) is 83.8 Å². The van der Waals surface area contributed by atoms with Crippen molar-refractivity contribution >= 4 is 11.9 Å². The number of nitrogens with zero attached hydrogens (tertiary/aromatic N) is 1. The van der Waals surface area contributed by atoms with E-state index in [1.165, 1.54) is 13.8 Å². The number of carboxylic acid groups (broad SMARTS) is 1. The minimum atomic E-state index is -1.10. The molecule has 5 nitrogen and oxygen atoms in total. The Kier molecular flexibility index (Phi) is 3.36. The van der Waals surface area contributed by atoms with Gasteiger partial charge in [0, 0.05) is 5.18 Å². The number of carbonyl (C=O) groups is 2. The molecule has 0 radical (unpaired) electrons. The fraction of sp³-hybridized carbons (Fsp3) is 0.667. The van der Waals surface area contributed by atoms with E-state index in [0.29, 0.717) is 0 Å². The van der Waals surface area contributed by atoms with Crippen molar-refractivity contribution in [2.75, 3.05) is 0 Å². The molecular formula is C6H9NO4. The smallest absolute Gasteiger partial charge is 0.307 e. The summed E-state index contributed by atoms with van der Waals surface area (Å²) in [5, 5.41) is 10.5. The number of rotatable bonds is 3. The zero-order valence-corrected chi connectivity index (χ0v) is 6.27. The molecule has 0 aliphatic heterocycles. The molecule has 0 saturated heterocycles. The lowest BCUT2D eigenvalue weighted by Gasteiger charge is -2.09. The predicted octanol–water partition coefficient (Wildman–Crippen LogP) is 0.636. The standard InChI is InChI=1S/C6H9NO4/c1-3(5(8)7-11)4(2)6(9)10/h3-4H,1-2H3,(H,9,10). The lowest BCUT2D eigenvalue weighted by Crippen LogP contribution is -2.23. The fourth-order valence-electron chi connectivity index (χ4n) is 0.511. The van der Waals surface area contributed by atoms with Gasteiger partial charge in [-0.1, -0.05) is 13.8 Å². The summed E-state index contributed by atoms with van der Waals surface area (Å²) in [6, 6.07) is 0. The lowest BCUT2D eigenvalue weighted by atomic mass is 9.96. The summed E-state index contributed by atoms with van der Waals surface area (Å²) < 4.78 is 0. The first kappa shape index (κ1) is 9.74. The Balaban J connectivity index is 4.23. The van der Waals surface area contributed by atoms with Gasteiger partial charge in [0.1, 0.15) is 0 Å². The highest BCUT2D eigenvalue weighted by molar-refractivity contribution is 5.84. The van der Waals surface area contributed by atoms with Crippen LogP contribution in [0.1, 0.15) is 13.8 Å². The molecule has 0 aromatic heterocycles. The van der Waals surface area contributed by atoms with Gasteiger partial charge in [0.15, 0.2) is 0 Å². The highest BCUT2D eigenvalue weighted by Crippen LogP contribution is 2.12. The maximum atomic E-state index is 10.5. The molecule has 0 aliphatic rings. The largest absolute Gasteiger partial charge is 0.481 e. The Bertz CT molecular complexity index is 189. The highest BCUT2D eigenvalue weighted by Gasteiger charge is 2.26. The SMILES string of the molecule is CC(C(=O)O)C(C)C(=O)N=O. The van der Waals surface area contributed by atoms with Gasteiger partial charge in [-0.2, -0.15) is 0 Å². The van der Waals surface area contributed by atoms with E-state index in [0.717, 1.165) is 0 Å². The van der Waals surface area contributed by atoms with E-state index in [9.17, 15) is 14.5 Å². The van der Waals surface area contributed by atoms with Gasteiger partial charge in [0.2, 0.25) is 0 Å². The minimum absolute atomic E-state index is 0.843. The molecule has 0 rings (SSSR count). The van der Waals surface area contributed by atoms with Crippen LogP contribution in [-0.2, 0) is 9.59 Å². The summed E-state index contributed by atoms with van der Waals surface area (Å²) >= 11 is 0. The first-order valence-corrected chi connectivity index (χ1v) is 3.10. The van der Waals surface area contributed by atoms with Crippen molar-refractivity contribution in [3.05, 3.63) is 4.91 Å². The van der Waals surface area contributed by atoms with E-state index in [4.69, 9.17) is 5.11 Å². The van der Waals surface area contributed by atoms with Crippen molar-refractivity contribution in [1.82, 2.24) is 0 Å². The quantitative estimate of drug-likeness (QED) is 0.612. The van der Waals surface area contributed by atoms with E-state index in [2.05, 4.69) is 5.18 Å². The predicted molar refractivity (Wildman–Crippen MR) is 36.8 cm³/mol. The lowest BCUT2D eigenvalue weighted by molar-refractivity contribution is -0.145. The van der Waals surface area contributed by atoms with Crippen LogP contribution < -0.4 is 0 Å².